The van der Waals surface area contributed by atoms with Crippen molar-refractivity contribution in [2.75, 3.05) is 11.9 Å². The Morgan fingerprint density at radius 3 is 2.65 bits per heavy atom. The smallest absolute Gasteiger partial charge is 0.411 e. The molecule has 3 heteroatoms. The summed E-state index contributed by atoms with van der Waals surface area (Å²) in [5.41, 5.74) is 2.20. The van der Waals surface area contributed by atoms with Crippen LogP contribution in [0.15, 0.2) is 42.0 Å². The summed E-state index contributed by atoms with van der Waals surface area (Å²) in [6.45, 7) is 7.08. The van der Waals surface area contributed by atoms with Gasteiger partial charge < -0.3 is 4.74 Å². The Balaban J connectivity index is 1.84. The number of hydrogen-bond acceptors (Lipinski definition) is 2. The van der Waals surface area contributed by atoms with Crippen molar-refractivity contribution in [2.24, 2.45) is 17.8 Å². The molecule has 1 aromatic rings. The molecule has 108 valence electrons. The van der Waals surface area contributed by atoms with Crippen LogP contribution in [0.25, 0.3) is 0 Å². The van der Waals surface area contributed by atoms with Gasteiger partial charge in [-0.3, -0.25) is 5.32 Å². The fourth-order valence-corrected chi connectivity index (χ4v) is 2.98. The lowest BCUT2D eigenvalue weighted by Gasteiger charge is -2.32. The Morgan fingerprint density at radius 2 is 2.00 bits per heavy atom. The third-order valence-corrected chi connectivity index (χ3v) is 4.02. The zero-order valence-electron chi connectivity index (χ0n) is 12.4. The summed E-state index contributed by atoms with van der Waals surface area (Å²) in [7, 11) is 0. The number of para-hydroxylation sites is 1. The van der Waals surface area contributed by atoms with Crippen LogP contribution in [0.1, 0.15) is 27.2 Å². The van der Waals surface area contributed by atoms with Gasteiger partial charge in [0.05, 0.1) is 6.61 Å². The van der Waals surface area contributed by atoms with E-state index in [-0.39, 0.29) is 6.09 Å². The first-order chi connectivity index (χ1) is 9.56. The minimum atomic E-state index is -0.373. The maximum Gasteiger partial charge on any atom is 0.411 e. The SMILES string of the molecule is CC1=C[C@@H](C)[C@@H](COC(=O)Nc2ccccc2)[C@H](C)C1. The third kappa shape index (κ3) is 3.86. The van der Waals surface area contributed by atoms with E-state index in [1.807, 2.05) is 30.3 Å². The molecule has 0 fully saturated rings. The topological polar surface area (TPSA) is 38.3 Å². The quantitative estimate of drug-likeness (QED) is 0.825. The average molecular weight is 273 g/mol. The summed E-state index contributed by atoms with van der Waals surface area (Å²) in [5, 5.41) is 2.74. The highest BCUT2D eigenvalue weighted by molar-refractivity contribution is 5.84. The lowest BCUT2D eigenvalue weighted by atomic mass is 9.75. The van der Waals surface area contributed by atoms with Crippen molar-refractivity contribution >= 4 is 11.8 Å². The van der Waals surface area contributed by atoms with Crippen molar-refractivity contribution in [1.82, 2.24) is 0 Å². The number of carbonyl (C=O) groups excluding carboxylic acids is 1. The van der Waals surface area contributed by atoms with Crippen molar-refractivity contribution in [3.63, 3.8) is 0 Å². The van der Waals surface area contributed by atoms with Gasteiger partial charge in [0, 0.05) is 11.6 Å². The van der Waals surface area contributed by atoms with E-state index >= 15 is 0 Å². The molecule has 1 aliphatic carbocycles. The summed E-state index contributed by atoms with van der Waals surface area (Å²) in [5.74, 6) is 1.42. The van der Waals surface area contributed by atoms with Gasteiger partial charge in [-0.25, -0.2) is 4.79 Å². The van der Waals surface area contributed by atoms with Crippen LogP contribution >= 0.6 is 0 Å². The molecule has 0 spiro atoms. The third-order valence-electron chi connectivity index (χ3n) is 4.02. The largest absolute Gasteiger partial charge is 0.449 e. The fraction of sp³-hybridized carbons (Fsp3) is 0.471. The van der Waals surface area contributed by atoms with Crippen LogP contribution in [0.3, 0.4) is 0 Å². The van der Waals surface area contributed by atoms with Gasteiger partial charge in [0.25, 0.3) is 0 Å². The first-order valence-electron chi connectivity index (χ1n) is 7.22. The number of allylic oxidation sites excluding steroid dienone is 2. The fourth-order valence-electron chi connectivity index (χ4n) is 2.98. The van der Waals surface area contributed by atoms with Gasteiger partial charge in [-0.2, -0.15) is 0 Å². The molecule has 2 rings (SSSR count). The Bertz CT molecular complexity index is 481. The standard InChI is InChI=1S/C17H23NO2/c1-12-9-13(2)16(14(3)10-12)11-20-17(19)18-15-7-5-4-6-8-15/h4-9,13-14,16H,10-11H2,1-3H3,(H,18,19)/t13-,14-,16-/m1/s1. The van der Waals surface area contributed by atoms with Gasteiger partial charge in [-0.1, -0.05) is 43.7 Å². The van der Waals surface area contributed by atoms with Crippen molar-refractivity contribution in [3.8, 4) is 0 Å². The summed E-state index contributed by atoms with van der Waals surface area (Å²) in [4.78, 5) is 11.8. The van der Waals surface area contributed by atoms with Crippen LogP contribution in [0.2, 0.25) is 0 Å². The van der Waals surface area contributed by atoms with Gasteiger partial charge in [0.15, 0.2) is 0 Å². The number of rotatable bonds is 3. The number of hydrogen-bond donors (Lipinski definition) is 1. The Morgan fingerprint density at radius 1 is 1.30 bits per heavy atom. The number of anilines is 1. The van der Waals surface area contributed by atoms with Crippen LogP contribution in [0, 0.1) is 17.8 Å². The van der Waals surface area contributed by atoms with E-state index in [1.54, 1.807) is 0 Å². The first-order valence-corrected chi connectivity index (χ1v) is 7.22. The lowest BCUT2D eigenvalue weighted by molar-refractivity contribution is 0.106. The Hall–Kier alpha value is -1.77. The monoisotopic (exact) mass is 273 g/mol. The lowest BCUT2D eigenvalue weighted by Crippen LogP contribution is -2.29. The molecule has 0 saturated heterocycles. The van der Waals surface area contributed by atoms with E-state index in [9.17, 15) is 4.79 Å². The van der Waals surface area contributed by atoms with Gasteiger partial charge in [0.2, 0.25) is 0 Å². The summed E-state index contributed by atoms with van der Waals surface area (Å²) in [6.07, 6.45) is 3.02. The van der Waals surface area contributed by atoms with Crippen molar-refractivity contribution in [3.05, 3.63) is 42.0 Å². The Labute approximate surface area is 121 Å². The van der Waals surface area contributed by atoms with Crippen molar-refractivity contribution < 1.29 is 9.53 Å². The highest BCUT2D eigenvalue weighted by Gasteiger charge is 2.27. The molecule has 0 heterocycles. The van der Waals surface area contributed by atoms with Gasteiger partial charge in [0.1, 0.15) is 0 Å². The second kappa shape index (κ2) is 6.60. The molecule has 0 radical (unpaired) electrons. The molecule has 1 amide bonds. The van der Waals surface area contributed by atoms with Crippen LogP contribution < -0.4 is 5.32 Å². The van der Waals surface area contributed by atoms with Crippen LogP contribution in [0.4, 0.5) is 10.5 Å². The van der Waals surface area contributed by atoms with Gasteiger partial charge in [-0.05, 0) is 37.3 Å². The zero-order chi connectivity index (χ0) is 14.5. The molecule has 1 N–H and O–H groups in total. The highest BCUT2D eigenvalue weighted by atomic mass is 16.5. The molecule has 0 aliphatic heterocycles. The molecule has 0 aromatic heterocycles. The van der Waals surface area contributed by atoms with Gasteiger partial charge in [-0.15, -0.1) is 0 Å². The minimum Gasteiger partial charge on any atom is -0.449 e. The molecular weight excluding hydrogens is 250 g/mol. The molecule has 0 saturated carbocycles. The summed E-state index contributed by atoms with van der Waals surface area (Å²) < 4.78 is 5.38. The van der Waals surface area contributed by atoms with Crippen LogP contribution in [-0.2, 0) is 4.74 Å². The van der Waals surface area contributed by atoms with Crippen LogP contribution in [0.5, 0.6) is 0 Å². The first kappa shape index (κ1) is 14.6. The normalized spacial score (nSPS) is 25.8. The maximum atomic E-state index is 11.8. The van der Waals surface area contributed by atoms with Crippen molar-refractivity contribution in [1.29, 1.82) is 0 Å². The number of nitrogens with one attached hydrogen (secondary N) is 1. The van der Waals surface area contributed by atoms with E-state index in [4.69, 9.17) is 4.74 Å². The van der Waals surface area contributed by atoms with E-state index in [0.717, 1.165) is 12.1 Å². The number of ether oxygens (including phenoxy) is 1. The predicted molar refractivity (Wildman–Crippen MR) is 81.6 cm³/mol. The Kier molecular flexibility index (Phi) is 4.83. The second-order valence-corrected chi connectivity index (χ2v) is 5.81. The second-order valence-electron chi connectivity index (χ2n) is 5.81. The molecule has 3 nitrogen and oxygen atoms in total. The molecule has 1 aliphatic rings. The molecular formula is C17H23NO2. The van der Waals surface area contributed by atoms with E-state index in [1.165, 1.54) is 5.57 Å². The predicted octanol–water partition coefficient (Wildman–Crippen LogP) is 4.47. The van der Waals surface area contributed by atoms with Gasteiger partial charge >= 0.3 is 6.09 Å². The van der Waals surface area contributed by atoms with E-state index in [2.05, 4.69) is 32.2 Å². The highest BCUT2D eigenvalue weighted by Crippen LogP contribution is 2.33. The molecule has 3 atom stereocenters. The number of carbonyl (C=O) groups is 1. The number of benzene rings is 1. The van der Waals surface area contributed by atoms with E-state index < -0.39 is 0 Å². The van der Waals surface area contributed by atoms with E-state index in [0.29, 0.717) is 24.4 Å². The summed E-state index contributed by atoms with van der Waals surface area (Å²) >= 11 is 0. The molecule has 20 heavy (non-hydrogen) atoms. The average Bonchev–Trinajstić information content (AvgIpc) is 2.38. The summed E-state index contributed by atoms with van der Waals surface area (Å²) in [6, 6.07) is 9.37. The maximum absolute atomic E-state index is 11.8. The molecule has 0 bridgehead atoms. The molecule has 1 aromatic carbocycles. The van der Waals surface area contributed by atoms with Crippen LogP contribution in [-0.4, -0.2) is 12.7 Å². The minimum absolute atomic E-state index is 0.373. The molecule has 0 unspecified atom stereocenters. The van der Waals surface area contributed by atoms with Crippen molar-refractivity contribution in [2.45, 2.75) is 27.2 Å². The zero-order valence-corrected chi connectivity index (χ0v) is 12.4. The number of amides is 1.